The quantitative estimate of drug-likeness (QED) is 0.845. The Morgan fingerprint density at radius 1 is 1.35 bits per heavy atom. The van der Waals surface area contributed by atoms with Crippen molar-refractivity contribution in [3.8, 4) is 5.75 Å². The predicted molar refractivity (Wildman–Crippen MR) is 78.8 cm³/mol. The molecule has 0 aliphatic heterocycles. The summed E-state index contributed by atoms with van der Waals surface area (Å²) in [5.41, 5.74) is 2.86. The van der Waals surface area contributed by atoms with E-state index in [1.165, 1.54) is 2.88 Å². The lowest BCUT2D eigenvalue weighted by atomic mass is 10.0. The second kappa shape index (κ2) is 5.37. The molecule has 0 spiro atoms. The molecule has 1 aromatic carbocycles. The normalized spacial score (nSPS) is 12.5. The van der Waals surface area contributed by atoms with Gasteiger partial charge in [0.15, 0.2) is 0 Å². The van der Waals surface area contributed by atoms with Crippen molar-refractivity contribution >= 4 is 33.9 Å². The van der Waals surface area contributed by atoms with Crippen molar-refractivity contribution in [1.29, 1.82) is 0 Å². The Bertz CT molecular complexity index is 522. The second-order valence-corrected chi connectivity index (χ2v) is 6.64. The number of halogens is 1. The minimum absolute atomic E-state index is 0.621. The molecule has 0 amide bonds. The Kier molecular flexibility index (Phi) is 4.06. The first-order valence-corrected chi connectivity index (χ1v) is 7.14. The van der Waals surface area contributed by atoms with Gasteiger partial charge in [0.25, 0.3) is 0 Å². The monoisotopic (exact) mass is 360 g/mol. The highest BCUT2D eigenvalue weighted by atomic mass is 127. The molecule has 1 heterocycles. The van der Waals surface area contributed by atoms with Crippen molar-refractivity contribution < 1.29 is 9.84 Å². The number of aliphatic hydroxyl groups excluding tert-OH is 1. The van der Waals surface area contributed by atoms with Gasteiger partial charge in [0.2, 0.25) is 0 Å². The van der Waals surface area contributed by atoms with Crippen LogP contribution in [0.3, 0.4) is 0 Å². The van der Waals surface area contributed by atoms with Crippen LogP contribution in [0, 0.1) is 9.81 Å². The summed E-state index contributed by atoms with van der Waals surface area (Å²) in [6.45, 7) is 2.01. The summed E-state index contributed by atoms with van der Waals surface area (Å²) in [5, 5.41) is 12.3. The maximum absolute atomic E-state index is 10.4. The average Bonchev–Trinajstić information content (AvgIpc) is 2.75. The zero-order valence-corrected chi connectivity index (χ0v) is 12.6. The first-order chi connectivity index (χ1) is 8.11. The summed E-state index contributed by atoms with van der Waals surface area (Å²) in [7, 11) is 1.62. The lowest BCUT2D eigenvalue weighted by molar-refractivity contribution is 0.215. The Hall–Kier alpha value is -0.590. The molecule has 17 heavy (non-hydrogen) atoms. The van der Waals surface area contributed by atoms with Gasteiger partial charge in [-0.25, -0.2) is 0 Å². The van der Waals surface area contributed by atoms with Gasteiger partial charge >= 0.3 is 0 Å². The van der Waals surface area contributed by atoms with Gasteiger partial charge in [-0.2, -0.15) is 0 Å². The smallest absolute Gasteiger partial charge is 0.125 e. The highest BCUT2D eigenvalue weighted by Crippen LogP contribution is 2.33. The predicted octanol–water partition coefficient (Wildman–Crippen LogP) is 3.75. The number of benzene rings is 1. The molecule has 2 nitrogen and oxygen atoms in total. The third kappa shape index (κ3) is 2.81. The molecular weight excluding hydrogens is 347 g/mol. The number of ether oxygens (including phenoxy) is 1. The molecule has 0 saturated carbocycles. The van der Waals surface area contributed by atoms with E-state index >= 15 is 0 Å². The van der Waals surface area contributed by atoms with Crippen molar-refractivity contribution in [3.63, 3.8) is 0 Å². The number of thiophene rings is 1. The van der Waals surface area contributed by atoms with Gasteiger partial charge < -0.3 is 9.84 Å². The molecule has 0 fully saturated rings. The zero-order chi connectivity index (χ0) is 12.4. The van der Waals surface area contributed by atoms with Crippen molar-refractivity contribution in [1.82, 2.24) is 0 Å². The molecule has 0 aliphatic carbocycles. The highest BCUT2D eigenvalue weighted by Gasteiger charge is 2.16. The number of rotatable bonds is 3. The van der Waals surface area contributed by atoms with Crippen molar-refractivity contribution in [3.05, 3.63) is 49.2 Å². The number of hydrogen-bond acceptors (Lipinski definition) is 3. The largest absolute Gasteiger partial charge is 0.496 e. The van der Waals surface area contributed by atoms with Gasteiger partial charge in [0, 0.05) is 5.56 Å². The van der Waals surface area contributed by atoms with Gasteiger partial charge in [0.1, 0.15) is 11.9 Å². The molecule has 0 saturated heterocycles. The van der Waals surface area contributed by atoms with Gasteiger partial charge in [-0.3, -0.25) is 0 Å². The Morgan fingerprint density at radius 2 is 2.12 bits per heavy atom. The first kappa shape index (κ1) is 12.9. The van der Waals surface area contributed by atoms with Crippen LogP contribution >= 0.6 is 33.9 Å². The molecule has 1 atom stereocenters. The number of hydrogen-bond donors (Lipinski definition) is 1. The van der Waals surface area contributed by atoms with E-state index in [2.05, 4.69) is 22.6 Å². The minimum atomic E-state index is -0.621. The van der Waals surface area contributed by atoms with E-state index in [0.29, 0.717) is 0 Å². The van der Waals surface area contributed by atoms with E-state index in [9.17, 15) is 5.11 Å². The molecule has 2 rings (SSSR count). The Morgan fingerprint density at radius 3 is 2.71 bits per heavy atom. The van der Waals surface area contributed by atoms with Crippen molar-refractivity contribution in [2.75, 3.05) is 7.11 Å². The van der Waals surface area contributed by atoms with Gasteiger partial charge in [-0.15, -0.1) is 11.3 Å². The summed E-state index contributed by atoms with van der Waals surface area (Å²) in [5.74, 6) is 0.726. The zero-order valence-electron chi connectivity index (χ0n) is 9.61. The number of aliphatic hydroxyl groups is 1. The molecule has 1 unspecified atom stereocenters. The maximum atomic E-state index is 10.4. The molecule has 4 heteroatoms. The number of methoxy groups -OCH3 is 1. The van der Waals surface area contributed by atoms with Crippen LogP contribution in [-0.4, -0.2) is 12.2 Å². The molecule has 1 N–H and O–H groups in total. The second-order valence-electron chi connectivity index (χ2n) is 3.83. The summed E-state index contributed by atoms with van der Waals surface area (Å²) < 4.78 is 6.46. The van der Waals surface area contributed by atoms with Gasteiger partial charge in [-0.05, 0) is 58.7 Å². The highest BCUT2D eigenvalue weighted by molar-refractivity contribution is 14.1. The number of aryl methyl sites for hydroxylation is 1. The van der Waals surface area contributed by atoms with E-state index in [-0.39, 0.29) is 0 Å². The van der Waals surface area contributed by atoms with E-state index in [0.717, 1.165) is 22.4 Å². The summed E-state index contributed by atoms with van der Waals surface area (Å²) in [6.07, 6.45) is -0.621. The first-order valence-electron chi connectivity index (χ1n) is 5.18. The van der Waals surface area contributed by atoms with Crippen LogP contribution in [-0.2, 0) is 0 Å². The average molecular weight is 360 g/mol. The van der Waals surface area contributed by atoms with E-state index in [4.69, 9.17) is 4.74 Å². The molecule has 0 aliphatic rings. The van der Waals surface area contributed by atoms with Gasteiger partial charge in [0.05, 0.1) is 9.99 Å². The van der Waals surface area contributed by atoms with E-state index in [1.54, 1.807) is 18.4 Å². The minimum Gasteiger partial charge on any atom is -0.496 e. The van der Waals surface area contributed by atoms with Crippen LogP contribution in [0.5, 0.6) is 5.75 Å². The fourth-order valence-corrected chi connectivity index (χ4v) is 3.10. The Labute approximate surface area is 118 Å². The van der Waals surface area contributed by atoms with Crippen LogP contribution in [0.15, 0.2) is 29.6 Å². The standard InChI is InChI=1S/C13H13IO2S/c1-8-3-4-11(16-2)10(5-8)13(15)9-6-12(14)17-7-9/h3-7,13,15H,1-2H3. The van der Waals surface area contributed by atoms with Crippen LogP contribution in [0.4, 0.5) is 0 Å². The van der Waals surface area contributed by atoms with Crippen molar-refractivity contribution in [2.45, 2.75) is 13.0 Å². The molecule has 90 valence electrons. The molecule has 0 bridgehead atoms. The maximum Gasteiger partial charge on any atom is 0.125 e. The third-order valence-electron chi connectivity index (χ3n) is 2.58. The Balaban J connectivity index is 2.42. The van der Waals surface area contributed by atoms with Crippen LogP contribution in [0.25, 0.3) is 0 Å². The fraction of sp³-hybridized carbons (Fsp3) is 0.231. The van der Waals surface area contributed by atoms with E-state index in [1.807, 2.05) is 36.6 Å². The summed E-state index contributed by atoms with van der Waals surface area (Å²) >= 11 is 3.89. The topological polar surface area (TPSA) is 29.5 Å². The molecule has 0 radical (unpaired) electrons. The molecule has 2 aromatic rings. The van der Waals surface area contributed by atoms with Crippen LogP contribution in [0.2, 0.25) is 0 Å². The van der Waals surface area contributed by atoms with Crippen LogP contribution in [0.1, 0.15) is 22.8 Å². The third-order valence-corrected chi connectivity index (χ3v) is 4.39. The van der Waals surface area contributed by atoms with Crippen LogP contribution < -0.4 is 4.74 Å². The lowest BCUT2D eigenvalue weighted by Crippen LogP contribution is -2.01. The lowest BCUT2D eigenvalue weighted by Gasteiger charge is -2.14. The summed E-state index contributed by atoms with van der Waals surface area (Å²) in [6, 6.07) is 7.84. The molecule has 1 aromatic heterocycles. The van der Waals surface area contributed by atoms with E-state index < -0.39 is 6.10 Å². The fourth-order valence-electron chi connectivity index (χ4n) is 1.71. The SMILES string of the molecule is COc1ccc(C)cc1C(O)c1csc(I)c1. The van der Waals surface area contributed by atoms with Gasteiger partial charge in [-0.1, -0.05) is 11.6 Å². The summed E-state index contributed by atoms with van der Waals surface area (Å²) in [4.78, 5) is 0. The van der Waals surface area contributed by atoms with Crippen molar-refractivity contribution in [2.24, 2.45) is 0 Å². The molecular formula is C13H13IO2S.